The fourth-order valence-electron chi connectivity index (χ4n) is 2.94. The van der Waals surface area contributed by atoms with E-state index >= 15 is 0 Å². The lowest BCUT2D eigenvalue weighted by atomic mass is 9.92. The maximum atomic E-state index is 4.68. The van der Waals surface area contributed by atoms with E-state index in [2.05, 4.69) is 54.9 Å². The van der Waals surface area contributed by atoms with Gasteiger partial charge in [0.1, 0.15) is 0 Å². The molecule has 0 aliphatic carbocycles. The Morgan fingerprint density at radius 1 is 1.37 bits per heavy atom. The van der Waals surface area contributed by atoms with Crippen molar-refractivity contribution in [3.05, 3.63) is 41.2 Å². The van der Waals surface area contributed by atoms with E-state index in [-0.39, 0.29) is 0 Å². The van der Waals surface area contributed by atoms with Gasteiger partial charge in [0, 0.05) is 23.9 Å². The first-order valence-electron chi connectivity index (χ1n) is 7.50. The second-order valence-electron chi connectivity index (χ2n) is 5.71. The molecule has 104 valence electrons. The van der Waals surface area contributed by atoms with Gasteiger partial charge in [-0.3, -0.25) is 9.88 Å². The van der Waals surface area contributed by atoms with E-state index in [1.165, 1.54) is 37.2 Å². The van der Waals surface area contributed by atoms with Crippen LogP contribution in [0.4, 0.5) is 0 Å². The largest absolute Gasteiger partial charge is 0.299 e. The molecule has 1 fully saturated rings. The van der Waals surface area contributed by atoms with Crippen LogP contribution in [0.2, 0.25) is 0 Å². The second kappa shape index (κ2) is 6.85. The van der Waals surface area contributed by atoms with E-state index < -0.39 is 0 Å². The summed E-state index contributed by atoms with van der Waals surface area (Å²) < 4.78 is 0. The minimum Gasteiger partial charge on any atom is -0.299 e. The van der Waals surface area contributed by atoms with Crippen LogP contribution in [0.15, 0.2) is 29.8 Å². The summed E-state index contributed by atoms with van der Waals surface area (Å²) in [6.07, 6.45) is 5.98. The lowest BCUT2D eigenvalue weighted by molar-refractivity contribution is 0.226. The van der Waals surface area contributed by atoms with Gasteiger partial charge in [-0.1, -0.05) is 24.6 Å². The molecule has 0 radical (unpaired) electrons. The molecule has 2 heteroatoms. The molecule has 0 aromatic carbocycles. The number of pyridine rings is 1. The Morgan fingerprint density at radius 3 is 2.74 bits per heavy atom. The smallest absolute Gasteiger partial charge is 0.0438 e. The van der Waals surface area contributed by atoms with Crippen LogP contribution < -0.4 is 0 Å². The molecule has 2 heterocycles. The quantitative estimate of drug-likeness (QED) is 0.761. The summed E-state index contributed by atoms with van der Waals surface area (Å²) in [6, 6.07) is 6.41. The zero-order chi connectivity index (χ0) is 13.7. The molecular formula is C17H26N2. The van der Waals surface area contributed by atoms with Crippen molar-refractivity contribution in [1.29, 1.82) is 0 Å². The Kier molecular flexibility index (Phi) is 5.15. The summed E-state index contributed by atoms with van der Waals surface area (Å²) in [5.41, 5.74) is 3.94. The summed E-state index contributed by atoms with van der Waals surface area (Å²) in [6.45, 7) is 10.1. The fourth-order valence-corrected chi connectivity index (χ4v) is 2.94. The van der Waals surface area contributed by atoms with Crippen molar-refractivity contribution in [2.45, 2.75) is 46.0 Å². The molecule has 2 nitrogen and oxygen atoms in total. The van der Waals surface area contributed by atoms with E-state index in [4.69, 9.17) is 0 Å². The number of piperidine rings is 1. The molecule has 2 rings (SSSR count). The van der Waals surface area contributed by atoms with Gasteiger partial charge in [-0.2, -0.15) is 0 Å². The first kappa shape index (κ1) is 14.3. The van der Waals surface area contributed by atoms with Crippen molar-refractivity contribution in [2.24, 2.45) is 0 Å². The Hall–Kier alpha value is -1.15. The van der Waals surface area contributed by atoms with Crippen LogP contribution in [0.25, 0.3) is 0 Å². The van der Waals surface area contributed by atoms with Crippen molar-refractivity contribution >= 4 is 0 Å². The minimum absolute atomic E-state index is 0.659. The van der Waals surface area contributed by atoms with Gasteiger partial charge in [-0.25, -0.2) is 0 Å². The van der Waals surface area contributed by atoms with E-state index in [9.17, 15) is 0 Å². The predicted molar refractivity (Wildman–Crippen MR) is 81.4 cm³/mol. The molecule has 0 amide bonds. The van der Waals surface area contributed by atoms with Crippen molar-refractivity contribution in [3.63, 3.8) is 0 Å². The molecular weight excluding hydrogens is 232 g/mol. The van der Waals surface area contributed by atoms with Crippen LogP contribution in [0, 0.1) is 6.92 Å². The highest BCUT2D eigenvalue weighted by Crippen LogP contribution is 2.27. The number of aromatic nitrogens is 1. The predicted octanol–water partition coefficient (Wildman–Crippen LogP) is 3.93. The van der Waals surface area contributed by atoms with Gasteiger partial charge >= 0.3 is 0 Å². The van der Waals surface area contributed by atoms with Gasteiger partial charge in [0.25, 0.3) is 0 Å². The summed E-state index contributed by atoms with van der Waals surface area (Å²) in [4.78, 5) is 7.26. The number of hydrogen-bond acceptors (Lipinski definition) is 2. The third kappa shape index (κ3) is 4.17. The normalized spacial score (nSPS) is 18.8. The number of hydrogen-bond donors (Lipinski definition) is 0. The molecule has 0 spiro atoms. The second-order valence-corrected chi connectivity index (χ2v) is 5.71. The zero-order valence-corrected chi connectivity index (χ0v) is 12.5. The van der Waals surface area contributed by atoms with Crippen LogP contribution in [-0.4, -0.2) is 29.5 Å². The van der Waals surface area contributed by atoms with E-state index in [0.717, 1.165) is 18.7 Å². The fraction of sp³-hybridized carbons (Fsp3) is 0.588. The van der Waals surface area contributed by atoms with Gasteiger partial charge in [0.2, 0.25) is 0 Å². The first-order chi connectivity index (χ1) is 9.19. The van der Waals surface area contributed by atoms with Gasteiger partial charge in [0.15, 0.2) is 0 Å². The maximum absolute atomic E-state index is 4.68. The zero-order valence-electron chi connectivity index (χ0n) is 12.5. The molecule has 0 unspecified atom stereocenters. The first-order valence-corrected chi connectivity index (χ1v) is 7.50. The Labute approximate surface area is 117 Å². The van der Waals surface area contributed by atoms with Crippen molar-refractivity contribution in [3.8, 4) is 0 Å². The van der Waals surface area contributed by atoms with E-state index in [1.54, 1.807) is 0 Å². The molecule has 0 atom stereocenters. The summed E-state index contributed by atoms with van der Waals surface area (Å²) in [5, 5.41) is 0. The van der Waals surface area contributed by atoms with Crippen LogP contribution in [-0.2, 0) is 0 Å². The molecule has 1 aromatic heterocycles. The maximum Gasteiger partial charge on any atom is 0.0438 e. The highest BCUT2D eigenvalue weighted by atomic mass is 15.1. The molecule has 1 aliphatic heterocycles. The molecule has 1 aromatic rings. The highest BCUT2D eigenvalue weighted by Gasteiger charge is 2.21. The minimum atomic E-state index is 0.659. The third-order valence-corrected chi connectivity index (χ3v) is 3.94. The van der Waals surface area contributed by atoms with E-state index in [1.807, 2.05) is 0 Å². The molecule has 0 N–H and O–H groups in total. The van der Waals surface area contributed by atoms with E-state index in [0.29, 0.717) is 5.92 Å². The Balaban J connectivity index is 1.87. The Morgan fingerprint density at radius 2 is 2.11 bits per heavy atom. The molecule has 1 aliphatic rings. The number of aryl methyl sites for hydroxylation is 1. The number of rotatable bonds is 4. The van der Waals surface area contributed by atoms with Crippen LogP contribution in [0.1, 0.15) is 50.4 Å². The molecule has 0 saturated carbocycles. The molecule has 19 heavy (non-hydrogen) atoms. The van der Waals surface area contributed by atoms with Crippen molar-refractivity contribution in [1.82, 2.24) is 9.88 Å². The van der Waals surface area contributed by atoms with Gasteiger partial charge in [-0.05, 0) is 58.3 Å². The average Bonchev–Trinajstić information content (AvgIpc) is 2.40. The molecule has 1 saturated heterocycles. The van der Waals surface area contributed by atoms with Crippen LogP contribution in [0.5, 0.6) is 0 Å². The van der Waals surface area contributed by atoms with Gasteiger partial charge in [0.05, 0.1) is 0 Å². The summed E-state index contributed by atoms with van der Waals surface area (Å²) in [5.74, 6) is 0.659. The van der Waals surface area contributed by atoms with Gasteiger partial charge in [-0.15, -0.1) is 0 Å². The number of nitrogens with zero attached hydrogens (tertiary/aromatic N) is 2. The third-order valence-electron chi connectivity index (χ3n) is 3.94. The van der Waals surface area contributed by atoms with Crippen molar-refractivity contribution < 1.29 is 0 Å². The SMILES string of the molecule is CC/C=C(/C)CN1CCC(c2cccc(C)n2)CC1. The van der Waals surface area contributed by atoms with Gasteiger partial charge < -0.3 is 0 Å². The topological polar surface area (TPSA) is 16.1 Å². The lowest BCUT2D eigenvalue weighted by Gasteiger charge is -2.32. The number of likely N-dealkylation sites (tertiary alicyclic amines) is 1. The van der Waals surface area contributed by atoms with Crippen LogP contribution in [0.3, 0.4) is 0 Å². The van der Waals surface area contributed by atoms with Crippen molar-refractivity contribution in [2.75, 3.05) is 19.6 Å². The number of allylic oxidation sites excluding steroid dienone is 1. The summed E-state index contributed by atoms with van der Waals surface area (Å²) >= 11 is 0. The average molecular weight is 258 g/mol. The highest BCUT2D eigenvalue weighted by molar-refractivity contribution is 5.15. The monoisotopic (exact) mass is 258 g/mol. The molecule has 0 bridgehead atoms. The lowest BCUT2D eigenvalue weighted by Crippen LogP contribution is -2.34. The standard InChI is InChI=1S/C17H26N2/c1-4-6-14(2)13-19-11-9-16(10-12-19)17-8-5-7-15(3)18-17/h5-8,16H,4,9-13H2,1-3H3/b14-6-. The van der Waals surface area contributed by atoms with Crippen LogP contribution >= 0.6 is 0 Å². The summed E-state index contributed by atoms with van der Waals surface area (Å²) in [7, 11) is 0. The Bertz CT molecular complexity index is 429.